The number of carbonyl (C=O) groups excluding carboxylic acids is 2. The minimum absolute atomic E-state index is 0.0405. The van der Waals surface area contributed by atoms with Gasteiger partial charge < -0.3 is 9.64 Å². The van der Waals surface area contributed by atoms with E-state index in [1.807, 2.05) is 27.8 Å². The van der Waals surface area contributed by atoms with Crippen molar-refractivity contribution in [3.05, 3.63) is 23.0 Å². The molecule has 0 bridgehead atoms. The lowest BCUT2D eigenvalue weighted by Gasteiger charge is -2.17. The van der Waals surface area contributed by atoms with Crippen LogP contribution < -0.4 is 0 Å². The number of methoxy groups -OCH3 is 1. The molecule has 0 fully saturated rings. The van der Waals surface area contributed by atoms with Crippen LogP contribution in [-0.4, -0.2) is 46.8 Å². The van der Waals surface area contributed by atoms with Gasteiger partial charge in [0.2, 0.25) is 5.91 Å². The summed E-state index contributed by atoms with van der Waals surface area (Å²) in [5.41, 5.74) is 2.78. The number of ether oxygens (including phenoxy) is 1. The number of aromatic nitrogens is 2. The Bertz CT molecular complexity index is 532. The summed E-state index contributed by atoms with van der Waals surface area (Å²) in [4.78, 5) is 24.7. The molecule has 0 spiro atoms. The normalized spacial score (nSPS) is 10.8. The maximum absolute atomic E-state index is 12.0. The molecule has 6 heteroatoms. The van der Waals surface area contributed by atoms with Gasteiger partial charge in [-0.25, -0.2) is 0 Å². The molecule has 0 aliphatic carbocycles. The minimum Gasteiger partial charge on any atom is -0.468 e. The predicted octanol–water partition coefficient (Wildman–Crippen LogP) is 1.07. The lowest BCUT2D eigenvalue weighted by atomic mass is 10.2. The first-order valence-corrected chi connectivity index (χ1v) is 6.44. The molecule has 0 N–H and O–H groups in total. The molecular weight excluding hydrogens is 258 g/mol. The van der Waals surface area contributed by atoms with Gasteiger partial charge in [-0.05, 0) is 26.8 Å². The average Bonchev–Trinajstić information content (AvgIpc) is 2.66. The van der Waals surface area contributed by atoms with Crippen molar-refractivity contribution in [2.75, 3.05) is 20.2 Å². The number of likely N-dealkylation sites (N-methyl/N-ethyl adjacent to an activating group) is 1. The Balaban J connectivity index is 2.82. The topological polar surface area (TPSA) is 64.4 Å². The van der Waals surface area contributed by atoms with Gasteiger partial charge in [0.1, 0.15) is 6.54 Å². The lowest BCUT2D eigenvalue weighted by Crippen LogP contribution is -2.34. The number of hydrogen-bond acceptors (Lipinski definition) is 4. The molecule has 1 aromatic heterocycles. The number of esters is 1. The Morgan fingerprint density at radius 1 is 1.40 bits per heavy atom. The molecule has 1 heterocycles. The summed E-state index contributed by atoms with van der Waals surface area (Å²) in [5, 5.41) is 4.28. The molecule has 0 aromatic carbocycles. The van der Waals surface area contributed by atoms with E-state index in [9.17, 15) is 9.59 Å². The third-order valence-corrected chi connectivity index (χ3v) is 3.20. The van der Waals surface area contributed by atoms with Gasteiger partial charge in [0.25, 0.3) is 0 Å². The van der Waals surface area contributed by atoms with E-state index in [1.54, 1.807) is 10.8 Å². The number of nitrogens with zero attached hydrogens (tertiary/aromatic N) is 3. The van der Waals surface area contributed by atoms with Crippen molar-refractivity contribution >= 4 is 18.0 Å². The van der Waals surface area contributed by atoms with E-state index >= 15 is 0 Å². The van der Waals surface area contributed by atoms with E-state index < -0.39 is 5.97 Å². The number of carbonyl (C=O) groups is 2. The lowest BCUT2D eigenvalue weighted by molar-refractivity contribution is -0.145. The molecule has 1 rings (SSSR count). The van der Waals surface area contributed by atoms with Crippen LogP contribution in [0.4, 0.5) is 0 Å². The average molecular weight is 279 g/mol. The first-order valence-electron chi connectivity index (χ1n) is 6.44. The molecular formula is C14H21N3O3. The quantitative estimate of drug-likeness (QED) is 0.597. The summed E-state index contributed by atoms with van der Waals surface area (Å²) < 4.78 is 6.34. The maximum atomic E-state index is 12.0. The number of amides is 1. The molecule has 0 aliphatic heterocycles. The largest absolute Gasteiger partial charge is 0.468 e. The van der Waals surface area contributed by atoms with Crippen molar-refractivity contribution in [1.29, 1.82) is 0 Å². The van der Waals surface area contributed by atoms with Gasteiger partial charge in [-0.1, -0.05) is 0 Å². The number of aryl methyl sites for hydroxylation is 2. The van der Waals surface area contributed by atoms with Gasteiger partial charge in [0.15, 0.2) is 0 Å². The summed E-state index contributed by atoms with van der Waals surface area (Å²) in [6, 6.07) is 0. The molecule has 0 saturated heterocycles. The highest BCUT2D eigenvalue weighted by molar-refractivity contribution is 5.93. The van der Waals surface area contributed by atoms with E-state index in [0.717, 1.165) is 17.0 Å². The second-order valence-electron chi connectivity index (χ2n) is 4.47. The smallest absolute Gasteiger partial charge is 0.325 e. The maximum Gasteiger partial charge on any atom is 0.325 e. The summed E-state index contributed by atoms with van der Waals surface area (Å²) >= 11 is 0. The molecule has 6 nitrogen and oxygen atoms in total. The number of hydrogen-bond donors (Lipinski definition) is 0. The van der Waals surface area contributed by atoms with Crippen LogP contribution in [0.25, 0.3) is 6.08 Å². The van der Waals surface area contributed by atoms with Crippen molar-refractivity contribution in [1.82, 2.24) is 14.7 Å². The van der Waals surface area contributed by atoms with Crippen molar-refractivity contribution < 1.29 is 14.3 Å². The zero-order valence-corrected chi connectivity index (χ0v) is 12.6. The second kappa shape index (κ2) is 6.88. The van der Waals surface area contributed by atoms with Crippen LogP contribution in [0.3, 0.4) is 0 Å². The highest BCUT2D eigenvalue weighted by Crippen LogP contribution is 2.13. The van der Waals surface area contributed by atoms with Crippen LogP contribution in [0.1, 0.15) is 23.9 Å². The Morgan fingerprint density at radius 3 is 2.50 bits per heavy atom. The van der Waals surface area contributed by atoms with Crippen LogP contribution in [0.2, 0.25) is 0 Å². The molecule has 20 heavy (non-hydrogen) atoms. The van der Waals surface area contributed by atoms with Crippen molar-refractivity contribution in [3.8, 4) is 0 Å². The van der Waals surface area contributed by atoms with E-state index in [-0.39, 0.29) is 12.5 Å². The van der Waals surface area contributed by atoms with Crippen LogP contribution >= 0.6 is 0 Å². The summed E-state index contributed by atoms with van der Waals surface area (Å²) in [5.74, 6) is -0.650. The second-order valence-corrected chi connectivity index (χ2v) is 4.47. The molecule has 0 unspecified atom stereocenters. The van der Waals surface area contributed by atoms with Crippen molar-refractivity contribution in [2.45, 2.75) is 20.8 Å². The zero-order valence-electron chi connectivity index (χ0n) is 12.6. The zero-order chi connectivity index (χ0) is 15.3. The van der Waals surface area contributed by atoms with Gasteiger partial charge in [0.05, 0.1) is 12.8 Å². The van der Waals surface area contributed by atoms with E-state index in [0.29, 0.717) is 6.54 Å². The molecule has 1 amide bonds. The molecule has 0 aliphatic rings. The van der Waals surface area contributed by atoms with Crippen LogP contribution in [0.15, 0.2) is 6.08 Å². The van der Waals surface area contributed by atoms with E-state index in [4.69, 9.17) is 0 Å². The van der Waals surface area contributed by atoms with Gasteiger partial charge >= 0.3 is 5.97 Å². The fourth-order valence-electron chi connectivity index (χ4n) is 1.86. The van der Waals surface area contributed by atoms with Crippen LogP contribution in [-0.2, 0) is 21.4 Å². The summed E-state index contributed by atoms with van der Waals surface area (Å²) in [6.45, 7) is 6.05. The van der Waals surface area contributed by atoms with Crippen molar-refractivity contribution in [2.24, 2.45) is 7.05 Å². The predicted molar refractivity (Wildman–Crippen MR) is 76.0 cm³/mol. The van der Waals surface area contributed by atoms with E-state index in [1.165, 1.54) is 18.1 Å². The molecule has 1 aromatic rings. The van der Waals surface area contributed by atoms with Crippen molar-refractivity contribution in [3.63, 3.8) is 0 Å². The van der Waals surface area contributed by atoms with Gasteiger partial charge in [-0.15, -0.1) is 0 Å². The first-order chi connectivity index (χ1) is 9.40. The first kappa shape index (κ1) is 15.9. The van der Waals surface area contributed by atoms with Crippen LogP contribution in [0, 0.1) is 13.8 Å². The monoisotopic (exact) mass is 279 g/mol. The Labute approximate surface area is 119 Å². The highest BCUT2D eigenvalue weighted by Gasteiger charge is 2.14. The fourth-order valence-corrected chi connectivity index (χ4v) is 1.86. The fraction of sp³-hybridized carbons (Fsp3) is 0.500. The SMILES string of the molecule is CCN(CC(=O)OC)C(=O)C=Cc1c(C)nn(C)c1C. The Kier molecular flexibility index (Phi) is 5.49. The Hall–Kier alpha value is -2.11. The van der Waals surface area contributed by atoms with Crippen LogP contribution in [0.5, 0.6) is 0 Å². The van der Waals surface area contributed by atoms with Gasteiger partial charge in [0, 0.05) is 30.9 Å². The molecule has 0 atom stereocenters. The Morgan fingerprint density at radius 2 is 2.05 bits per heavy atom. The van der Waals surface area contributed by atoms with Gasteiger partial charge in [-0.3, -0.25) is 14.3 Å². The summed E-state index contributed by atoms with van der Waals surface area (Å²) in [6.07, 6.45) is 3.20. The molecule has 110 valence electrons. The van der Waals surface area contributed by atoms with Gasteiger partial charge in [-0.2, -0.15) is 5.10 Å². The third kappa shape index (κ3) is 3.69. The standard InChI is InChI=1S/C14H21N3O3/c1-6-17(9-14(19)20-5)13(18)8-7-12-10(2)15-16(4)11(12)3/h7-8H,6,9H2,1-5H3. The third-order valence-electron chi connectivity index (χ3n) is 3.20. The highest BCUT2D eigenvalue weighted by atomic mass is 16.5. The minimum atomic E-state index is -0.428. The number of rotatable bonds is 5. The molecule has 0 radical (unpaired) electrons. The molecule has 0 saturated carbocycles. The van der Waals surface area contributed by atoms with E-state index in [2.05, 4.69) is 9.84 Å². The summed E-state index contributed by atoms with van der Waals surface area (Å²) in [7, 11) is 3.16.